The monoisotopic (exact) mass is 296 g/mol. The maximum atomic E-state index is 11.9. The zero-order valence-electron chi connectivity index (χ0n) is 10.3. The number of aryl methyl sites for hydroxylation is 1. The minimum Gasteiger partial charge on any atom is -0.390 e. The molecule has 19 heavy (non-hydrogen) atoms. The van der Waals surface area contributed by atoms with Gasteiger partial charge in [0.05, 0.1) is 18.7 Å². The first-order valence-electron chi connectivity index (χ1n) is 5.68. The Morgan fingerprint density at radius 1 is 1.53 bits per heavy atom. The Balaban J connectivity index is 2.03. The summed E-state index contributed by atoms with van der Waals surface area (Å²) in [5, 5.41) is 14.7. The number of carbonyl (C=O) groups excluding carboxylic acids is 1. The largest absolute Gasteiger partial charge is 0.390 e. The number of hydrogen-bond acceptors (Lipinski definition) is 4. The molecule has 0 aliphatic carbocycles. The molecule has 1 heterocycles. The fourth-order valence-electron chi connectivity index (χ4n) is 1.56. The van der Waals surface area contributed by atoms with E-state index >= 15 is 0 Å². The summed E-state index contributed by atoms with van der Waals surface area (Å²) in [5.41, 5.74) is 2.25. The van der Waals surface area contributed by atoms with Crippen molar-refractivity contribution in [3.05, 3.63) is 44.9 Å². The summed E-state index contributed by atoms with van der Waals surface area (Å²) in [7, 11) is 0. The van der Waals surface area contributed by atoms with Crippen molar-refractivity contribution < 1.29 is 9.90 Å². The molecule has 1 aromatic heterocycles. The van der Waals surface area contributed by atoms with Crippen LogP contribution in [0.3, 0.4) is 0 Å². The van der Waals surface area contributed by atoms with Crippen molar-refractivity contribution in [2.45, 2.75) is 20.0 Å². The van der Waals surface area contributed by atoms with E-state index in [1.807, 2.05) is 13.0 Å². The van der Waals surface area contributed by atoms with Gasteiger partial charge in [0.1, 0.15) is 5.01 Å². The van der Waals surface area contributed by atoms with Crippen molar-refractivity contribution in [2.24, 2.45) is 0 Å². The molecule has 0 fully saturated rings. The fourth-order valence-corrected chi connectivity index (χ4v) is 2.52. The zero-order chi connectivity index (χ0) is 13.8. The van der Waals surface area contributed by atoms with Gasteiger partial charge in [-0.3, -0.25) is 4.79 Å². The zero-order valence-corrected chi connectivity index (χ0v) is 11.9. The molecule has 1 amide bonds. The maximum Gasteiger partial charge on any atom is 0.231 e. The number of nitrogens with one attached hydrogen (secondary N) is 1. The number of hydrogen-bond donors (Lipinski definition) is 2. The summed E-state index contributed by atoms with van der Waals surface area (Å²) in [6.07, 6.45) is 0.191. The van der Waals surface area contributed by atoms with E-state index in [2.05, 4.69) is 10.3 Å². The number of nitrogens with zero attached hydrogens (tertiary/aromatic N) is 1. The molecule has 0 unspecified atom stereocenters. The van der Waals surface area contributed by atoms with Crippen LogP contribution < -0.4 is 5.32 Å². The van der Waals surface area contributed by atoms with Crippen LogP contribution in [0, 0.1) is 6.92 Å². The highest BCUT2D eigenvalue weighted by molar-refractivity contribution is 7.09. The Morgan fingerprint density at radius 3 is 3.00 bits per heavy atom. The van der Waals surface area contributed by atoms with Crippen molar-refractivity contribution >= 4 is 34.5 Å². The van der Waals surface area contributed by atoms with Crippen LogP contribution in [0.1, 0.15) is 16.3 Å². The maximum absolute atomic E-state index is 11.9. The minimum absolute atomic E-state index is 0.106. The second kappa shape index (κ2) is 6.14. The molecule has 0 spiro atoms. The lowest BCUT2D eigenvalue weighted by molar-refractivity contribution is -0.115. The second-order valence-electron chi connectivity index (χ2n) is 4.07. The number of rotatable bonds is 4. The molecule has 4 nitrogen and oxygen atoms in total. The lowest BCUT2D eigenvalue weighted by Gasteiger charge is -2.07. The Bertz CT molecular complexity index is 598. The molecule has 2 N–H and O–H groups in total. The number of benzene rings is 1. The van der Waals surface area contributed by atoms with E-state index in [-0.39, 0.29) is 18.9 Å². The van der Waals surface area contributed by atoms with Gasteiger partial charge >= 0.3 is 0 Å². The minimum atomic E-state index is -0.149. The predicted molar refractivity (Wildman–Crippen MR) is 76.6 cm³/mol. The molecular weight excluding hydrogens is 284 g/mol. The van der Waals surface area contributed by atoms with Gasteiger partial charge in [-0.1, -0.05) is 17.7 Å². The number of thiazole rings is 1. The first-order chi connectivity index (χ1) is 9.08. The molecule has 0 aliphatic heterocycles. The Kier molecular flexibility index (Phi) is 4.52. The van der Waals surface area contributed by atoms with Gasteiger partial charge in [0, 0.05) is 16.1 Å². The number of aliphatic hydroxyl groups is 1. The standard InChI is InChI=1S/C13H13ClN2O2S/c1-8-2-3-9(14)4-11(8)16-12(18)5-13-15-10(6-17)7-19-13/h2-4,7,17H,5-6H2,1H3,(H,16,18). The van der Waals surface area contributed by atoms with Gasteiger partial charge in [0.25, 0.3) is 0 Å². The molecular formula is C13H13ClN2O2S. The fraction of sp³-hybridized carbons (Fsp3) is 0.231. The van der Waals surface area contributed by atoms with Gasteiger partial charge in [0.2, 0.25) is 5.91 Å². The van der Waals surface area contributed by atoms with Crippen molar-refractivity contribution in [3.63, 3.8) is 0 Å². The van der Waals surface area contributed by atoms with E-state index in [1.165, 1.54) is 11.3 Å². The SMILES string of the molecule is Cc1ccc(Cl)cc1NC(=O)Cc1nc(CO)cs1. The number of aliphatic hydroxyl groups excluding tert-OH is 1. The molecule has 100 valence electrons. The summed E-state index contributed by atoms with van der Waals surface area (Å²) in [6, 6.07) is 5.35. The van der Waals surface area contributed by atoms with E-state index in [0.717, 1.165) is 5.56 Å². The quantitative estimate of drug-likeness (QED) is 0.912. The van der Waals surface area contributed by atoms with E-state index in [9.17, 15) is 4.79 Å². The highest BCUT2D eigenvalue weighted by Gasteiger charge is 2.09. The molecule has 0 atom stereocenters. The van der Waals surface area contributed by atoms with Crippen molar-refractivity contribution in [1.29, 1.82) is 0 Å². The third kappa shape index (κ3) is 3.76. The predicted octanol–water partition coefficient (Wildman–Crippen LogP) is 2.78. The van der Waals surface area contributed by atoms with Crippen LogP contribution >= 0.6 is 22.9 Å². The Labute approximate surface area is 120 Å². The summed E-state index contributed by atoms with van der Waals surface area (Å²) in [5.74, 6) is -0.149. The van der Waals surface area contributed by atoms with Crippen molar-refractivity contribution in [2.75, 3.05) is 5.32 Å². The molecule has 0 aliphatic rings. The summed E-state index contributed by atoms with van der Waals surface area (Å²) in [4.78, 5) is 16.0. The Hall–Kier alpha value is -1.43. The molecule has 0 bridgehead atoms. The number of aromatic nitrogens is 1. The molecule has 2 rings (SSSR count). The lowest BCUT2D eigenvalue weighted by atomic mass is 10.2. The number of amides is 1. The van der Waals surface area contributed by atoms with Gasteiger partial charge < -0.3 is 10.4 Å². The average Bonchev–Trinajstić information content (AvgIpc) is 2.81. The highest BCUT2D eigenvalue weighted by atomic mass is 35.5. The number of halogens is 1. The van der Waals surface area contributed by atoms with Gasteiger partial charge in [-0.05, 0) is 24.6 Å². The molecule has 0 saturated carbocycles. The van der Waals surface area contributed by atoms with Crippen LogP contribution in [-0.4, -0.2) is 16.0 Å². The van der Waals surface area contributed by atoms with Gasteiger partial charge in [-0.25, -0.2) is 4.98 Å². The van der Waals surface area contributed by atoms with Gasteiger partial charge in [0.15, 0.2) is 0 Å². The molecule has 1 aromatic carbocycles. The third-order valence-electron chi connectivity index (χ3n) is 2.55. The van der Waals surface area contributed by atoms with Crippen LogP contribution in [-0.2, 0) is 17.8 Å². The van der Waals surface area contributed by atoms with Crippen LogP contribution in [0.15, 0.2) is 23.6 Å². The van der Waals surface area contributed by atoms with E-state index in [0.29, 0.717) is 21.4 Å². The molecule has 0 radical (unpaired) electrons. The second-order valence-corrected chi connectivity index (χ2v) is 5.45. The highest BCUT2D eigenvalue weighted by Crippen LogP contribution is 2.20. The molecule has 6 heteroatoms. The average molecular weight is 297 g/mol. The summed E-state index contributed by atoms with van der Waals surface area (Å²) >= 11 is 7.26. The Morgan fingerprint density at radius 2 is 2.32 bits per heavy atom. The van der Waals surface area contributed by atoms with E-state index in [1.54, 1.807) is 17.5 Å². The number of carbonyl (C=O) groups is 1. The summed E-state index contributed by atoms with van der Waals surface area (Å²) < 4.78 is 0. The smallest absolute Gasteiger partial charge is 0.231 e. The topological polar surface area (TPSA) is 62.2 Å². The number of anilines is 1. The normalized spacial score (nSPS) is 10.5. The van der Waals surface area contributed by atoms with Crippen molar-refractivity contribution in [1.82, 2.24) is 4.98 Å². The molecule has 2 aromatic rings. The first-order valence-corrected chi connectivity index (χ1v) is 6.94. The van der Waals surface area contributed by atoms with Gasteiger partial charge in [-0.15, -0.1) is 11.3 Å². The summed E-state index contributed by atoms with van der Waals surface area (Å²) in [6.45, 7) is 1.80. The van der Waals surface area contributed by atoms with Crippen LogP contribution in [0.5, 0.6) is 0 Å². The molecule has 0 saturated heterocycles. The lowest BCUT2D eigenvalue weighted by Crippen LogP contribution is -2.15. The first kappa shape index (κ1) is 14.0. The van der Waals surface area contributed by atoms with E-state index < -0.39 is 0 Å². The van der Waals surface area contributed by atoms with Gasteiger partial charge in [-0.2, -0.15) is 0 Å². The van der Waals surface area contributed by atoms with Crippen LogP contribution in [0.4, 0.5) is 5.69 Å². The van der Waals surface area contributed by atoms with E-state index in [4.69, 9.17) is 16.7 Å². The van der Waals surface area contributed by atoms with Crippen LogP contribution in [0.2, 0.25) is 5.02 Å². The van der Waals surface area contributed by atoms with Crippen molar-refractivity contribution in [3.8, 4) is 0 Å². The van der Waals surface area contributed by atoms with Crippen LogP contribution in [0.25, 0.3) is 0 Å². The third-order valence-corrected chi connectivity index (χ3v) is 3.68.